The van der Waals surface area contributed by atoms with Gasteiger partial charge in [0.1, 0.15) is 5.92 Å². The van der Waals surface area contributed by atoms with Crippen LogP contribution in [0.3, 0.4) is 0 Å². The summed E-state index contributed by atoms with van der Waals surface area (Å²) in [5.41, 5.74) is 0.380. The molecule has 4 heteroatoms. The van der Waals surface area contributed by atoms with Crippen molar-refractivity contribution in [3.63, 3.8) is 0 Å². The Labute approximate surface area is 75.1 Å². The van der Waals surface area contributed by atoms with Gasteiger partial charge < -0.3 is 15.3 Å². The van der Waals surface area contributed by atoms with Gasteiger partial charge in [-0.05, 0) is 5.56 Å². The highest BCUT2D eigenvalue weighted by Gasteiger charge is 2.26. The Balaban J connectivity index is 2.96. The van der Waals surface area contributed by atoms with Gasteiger partial charge in [-0.25, -0.2) is 0 Å². The fourth-order valence-corrected chi connectivity index (χ4v) is 1.10. The van der Waals surface area contributed by atoms with Crippen LogP contribution < -0.4 is 0 Å². The molecule has 1 atom stereocenters. The van der Waals surface area contributed by atoms with Crippen molar-refractivity contribution in [3.8, 4) is 0 Å². The number of benzene rings is 1. The quantitative estimate of drug-likeness (QED) is 0.582. The Bertz CT molecular complexity index is 281. The van der Waals surface area contributed by atoms with Gasteiger partial charge in [0, 0.05) is 0 Å². The minimum Gasteiger partial charge on any atom is -0.481 e. The highest BCUT2D eigenvalue weighted by molar-refractivity contribution is 5.76. The molecule has 1 aromatic rings. The predicted molar refractivity (Wildman–Crippen MR) is 45.0 cm³/mol. The zero-order chi connectivity index (χ0) is 9.84. The van der Waals surface area contributed by atoms with E-state index in [2.05, 4.69) is 0 Å². The molecule has 13 heavy (non-hydrogen) atoms. The van der Waals surface area contributed by atoms with Gasteiger partial charge >= 0.3 is 5.97 Å². The Morgan fingerprint density at radius 1 is 1.15 bits per heavy atom. The lowest BCUT2D eigenvalue weighted by Gasteiger charge is -2.13. The maximum absolute atomic E-state index is 10.6. The van der Waals surface area contributed by atoms with Gasteiger partial charge in [0.2, 0.25) is 0 Å². The molecule has 1 aromatic carbocycles. The van der Waals surface area contributed by atoms with Crippen LogP contribution in [-0.2, 0) is 4.79 Å². The van der Waals surface area contributed by atoms with E-state index in [0.717, 1.165) is 0 Å². The Morgan fingerprint density at radius 3 is 2.08 bits per heavy atom. The monoisotopic (exact) mass is 182 g/mol. The number of carboxylic acids is 1. The average Bonchev–Trinajstić information content (AvgIpc) is 2.04. The summed E-state index contributed by atoms with van der Waals surface area (Å²) < 4.78 is 0. The number of rotatable bonds is 3. The van der Waals surface area contributed by atoms with Crippen molar-refractivity contribution in [3.05, 3.63) is 35.9 Å². The van der Waals surface area contributed by atoms with E-state index in [1.807, 2.05) is 0 Å². The van der Waals surface area contributed by atoms with Crippen LogP contribution in [-0.4, -0.2) is 27.6 Å². The number of carboxylic acid groups (broad SMARTS) is 1. The van der Waals surface area contributed by atoms with E-state index in [-0.39, 0.29) is 0 Å². The number of aliphatic carboxylic acids is 1. The maximum Gasteiger partial charge on any atom is 0.316 e. The van der Waals surface area contributed by atoms with E-state index < -0.39 is 18.2 Å². The normalized spacial score (nSPS) is 12.8. The van der Waals surface area contributed by atoms with E-state index in [0.29, 0.717) is 5.56 Å². The summed E-state index contributed by atoms with van der Waals surface area (Å²) in [5, 5.41) is 26.3. The predicted octanol–water partition coefficient (Wildman–Crippen LogP) is 0.165. The summed E-state index contributed by atoms with van der Waals surface area (Å²) >= 11 is 0. The SMILES string of the molecule is O=C(O)C(c1ccccc1)C(O)O. The third-order valence-electron chi connectivity index (χ3n) is 1.72. The molecule has 0 aliphatic rings. The van der Waals surface area contributed by atoms with Gasteiger partial charge in [0.15, 0.2) is 6.29 Å². The minimum atomic E-state index is -1.88. The molecule has 1 rings (SSSR count). The summed E-state index contributed by atoms with van der Waals surface area (Å²) in [4.78, 5) is 10.6. The molecule has 0 bridgehead atoms. The highest BCUT2D eigenvalue weighted by atomic mass is 16.5. The first-order valence-electron chi connectivity index (χ1n) is 3.77. The number of carbonyl (C=O) groups is 1. The standard InChI is InChI=1S/C9H10O4/c10-8(11)7(9(12)13)6-4-2-1-3-5-6/h1-5,7-8,10-11H,(H,12,13). The first kappa shape index (κ1) is 9.70. The topological polar surface area (TPSA) is 77.8 Å². The van der Waals surface area contributed by atoms with Crippen LogP contribution >= 0.6 is 0 Å². The average molecular weight is 182 g/mol. The molecular weight excluding hydrogens is 172 g/mol. The zero-order valence-electron chi connectivity index (χ0n) is 6.79. The third kappa shape index (κ3) is 2.27. The van der Waals surface area contributed by atoms with Gasteiger partial charge in [-0.1, -0.05) is 30.3 Å². The molecule has 0 radical (unpaired) electrons. The summed E-state index contributed by atoms with van der Waals surface area (Å²) in [7, 11) is 0. The van der Waals surface area contributed by atoms with Crippen molar-refractivity contribution >= 4 is 5.97 Å². The van der Waals surface area contributed by atoms with Gasteiger partial charge in [-0.15, -0.1) is 0 Å². The molecule has 1 unspecified atom stereocenters. The largest absolute Gasteiger partial charge is 0.481 e. The van der Waals surface area contributed by atoms with E-state index in [4.69, 9.17) is 15.3 Å². The molecule has 0 fully saturated rings. The first-order chi connectivity index (χ1) is 6.13. The number of hydrogen-bond donors (Lipinski definition) is 3. The number of aliphatic hydroxyl groups excluding tert-OH is 1. The molecule has 0 saturated heterocycles. The summed E-state index contributed by atoms with van der Waals surface area (Å²) in [6.45, 7) is 0. The molecule has 0 aliphatic carbocycles. The Hall–Kier alpha value is -1.39. The van der Waals surface area contributed by atoms with Crippen molar-refractivity contribution in [1.29, 1.82) is 0 Å². The lowest BCUT2D eigenvalue weighted by atomic mass is 9.99. The lowest BCUT2D eigenvalue weighted by Crippen LogP contribution is -2.25. The second-order valence-corrected chi connectivity index (χ2v) is 2.64. The van der Waals surface area contributed by atoms with Crippen LogP contribution in [0.4, 0.5) is 0 Å². The zero-order valence-corrected chi connectivity index (χ0v) is 6.79. The van der Waals surface area contributed by atoms with Crippen molar-refractivity contribution in [2.45, 2.75) is 12.2 Å². The molecule has 0 aliphatic heterocycles. The first-order valence-corrected chi connectivity index (χ1v) is 3.77. The second-order valence-electron chi connectivity index (χ2n) is 2.64. The van der Waals surface area contributed by atoms with Crippen LogP contribution in [0.1, 0.15) is 11.5 Å². The molecule has 0 spiro atoms. The van der Waals surface area contributed by atoms with Crippen molar-refractivity contribution in [1.82, 2.24) is 0 Å². The minimum absolute atomic E-state index is 0.380. The second kappa shape index (κ2) is 4.02. The molecule has 4 nitrogen and oxygen atoms in total. The van der Waals surface area contributed by atoms with Crippen molar-refractivity contribution < 1.29 is 20.1 Å². The fourth-order valence-electron chi connectivity index (χ4n) is 1.10. The molecule has 0 saturated carbocycles. The highest BCUT2D eigenvalue weighted by Crippen LogP contribution is 2.18. The molecule has 70 valence electrons. The van der Waals surface area contributed by atoms with Gasteiger partial charge in [0.25, 0.3) is 0 Å². The van der Waals surface area contributed by atoms with Gasteiger partial charge in [-0.3, -0.25) is 4.79 Å². The molecular formula is C9H10O4. The van der Waals surface area contributed by atoms with E-state index in [1.165, 1.54) is 12.1 Å². The number of aliphatic hydroxyl groups is 2. The fraction of sp³-hybridized carbons (Fsp3) is 0.222. The third-order valence-corrected chi connectivity index (χ3v) is 1.72. The molecule has 0 aromatic heterocycles. The van der Waals surface area contributed by atoms with Gasteiger partial charge in [-0.2, -0.15) is 0 Å². The van der Waals surface area contributed by atoms with Crippen molar-refractivity contribution in [2.24, 2.45) is 0 Å². The lowest BCUT2D eigenvalue weighted by molar-refractivity contribution is -0.150. The molecule has 3 N–H and O–H groups in total. The van der Waals surface area contributed by atoms with E-state index in [1.54, 1.807) is 18.2 Å². The van der Waals surface area contributed by atoms with Crippen LogP contribution in [0.2, 0.25) is 0 Å². The van der Waals surface area contributed by atoms with Crippen LogP contribution in [0.5, 0.6) is 0 Å². The summed E-state index contributed by atoms with van der Waals surface area (Å²) in [6, 6.07) is 8.10. The maximum atomic E-state index is 10.6. The summed E-state index contributed by atoms with van der Waals surface area (Å²) in [6.07, 6.45) is -1.88. The molecule has 0 heterocycles. The van der Waals surface area contributed by atoms with Crippen molar-refractivity contribution in [2.75, 3.05) is 0 Å². The summed E-state index contributed by atoms with van der Waals surface area (Å²) in [5.74, 6) is -2.53. The van der Waals surface area contributed by atoms with Crippen LogP contribution in [0, 0.1) is 0 Å². The van der Waals surface area contributed by atoms with E-state index >= 15 is 0 Å². The van der Waals surface area contributed by atoms with Crippen LogP contribution in [0.25, 0.3) is 0 Å². The van der Waals surface area contributed by atoms with E-state index in [9.17, 15) is 4.79 Å². The molecule has 0 amide bonds. The smallest absolute Gasteiger partial charge is 0.316 e. The Kier molecular flexibility index (Phi) is 3.00. The Morgan fingerprint density at radius 2 is 1.69 bits per heavy atom. The number of hydrogen-bond acceptors (Lipinski definition) is 3. The van der Waals surface area contributed by atoms with Gasteiger partial charge in [0.05, 0.1) is 0 Å². The van der Waals surface area contributed by atoms with Crippen LogP contribution in [0.15, 0.2) is 30.3 Å².